The molecule has 0 heterocycles. The van der Waals surface area contributed by atoms with Gasteiger partial charge in [0.15, 0.2) is 0 Å². The molecule has 1 saturated carbocycles. The minimum Gasteiger partial charge on any atom is -0.352 e. The van der Waals surface area contributed by atoms with Crippen LogP contribution in [0.3, 0.4) is 0 Å². The lowest BCUT2D eigenvalue weighted by molar-refractivity contribution is -0.127. The molecule has 0 aliphatic heterocycles. The zero-order valence-electron chi connectivity index (χ0n) is 10.5. The van der Waals surface area contributed by atoms with Gasteiger partial charge >= 0.3 is 0 Å². The van der Waals surface area contributed by atoms with E-state index in [1.807, 2.05) is 6.92 Å². The van der Waals surface area contributed by atoms with Crippen LogP contribution in [0.1, 0.15) is 52.4 Å². The number of hydrogen-bond acceptors (Lipinski definition) is 3. The van der Waals surface area contributed by atoms with Gasteiger partial charge in [0.05, 0.1) is 5.54 Å². The first-order valence-electron chi connectivity index (χ1n) is 6.31. The second kappa shape index (κ2) is 5.64. The summed E-state index contributed by atoms with van der Waals surface area (Å²) in [4.78, 5) is 11.9. The lowest BCUT2D eigenvalue weighted by Gasteiger charge is -2.30. The molecule has 16 heavy (non-hydrogen) atoms. The molecule has 1 rings (SSSR count). The quantitative estimate of drug-likeness (QED) is 0.667. The molecule has 4 heteroatoms. The Bertz CT molecular complexity index is 232. The fourth-order valence-electron chi connectivity index (χ4n) is 2.25. The SMILES string of the molecule is CCCC(C)(N)C(=O)NC1CCC(N)CC1. The summed E-state index contributed by atoms with van der Waals surface area (Å²) >= 11 is 0. The average molecular weight is 227 g/mol. The summed E-state index contributed by atoms with van der Waals surface area (Å²) in [6, 6.07) is 0.583. The maximum absolute atomic E-state index is 11.9. The first-order valence-corrected chi connectivity index (χ1v) is 6.31. The van der Waals surface area contributed by atoms with Gasteiger partial charge in [0.25, 0.3) is 0 Å². The molecule has 1 aliphatic rings. The van der Waals surface area contributed by atoms with E-state index < -0.39 is 5.54 Å². The fraction of sp³-hybridized carbons (Fsp3) is 0.917. The summed E-state index contributed by atoms with van der Waals surface area (Å²) in [6.45, 7) is 3.85. The zero-order chi connectivity index (χ0) is 12.2. The van der Waals surface area contributed by atoms with Gasteiger partial charge in [-0.2, -0.15) is 0 Å². The third-order valence-electron chi connectivity index (χ3n) is 3.40. The van der Waals surface area contributed by atoms with E-state index in [0.717, 1.165) is 38.5 Å². The van der Waals surface area contributed by atoms with E-state index in [0.29, 0.717) is 6.04 Å². The first-order chi connectivity index (χ1) is 7.45. The van der Waals surface area contributed by atoms with Crippen LogP contribution in [0.25, 0.3) is 0 Å². The van der Waals surface area contributed by atoms with Crippen molar-refractivity contribution in [3.63, 3.8) is 0 Å². The Hall–Kier alpha value is -0.610. The highest BCUT2D eigenvalue weighted by Gasteiger charge is 2.29. The second-order valence-electron chi connectivity index (χ2n) is 5.25. The Morgan fingerprint density at radius 3 is 2.44 bits per heavy atom. The zero-order valence-corrected chi connectivity index (χ0v) is 10.5. The van der Waals surface area contributed by atoms with Gasteiger partial charge in [0, 0.05) is 12.1 Å². The highest BCUT2D eigenvalue weighted by atomic mass is 16.2. The fourth-order valence-corrected chi connectivity index (χ4v) is 2.25. The smallest absolute Gasteiger partial charge is 0.240 e. The van der Waals surface area contributed by atoms with E-state index in [2.05, 4.69) is 5.32 Å². The predicted molar refractivity (Wildman–Crippen MR) is 65.9 cm³/mol. The Morgan fingerprint density at radius 1 is 1.38 bits per heavy atom. The van der Waals surface area contributed by atoms with E-state index in [4.69, 9.17) is 11.5 Å². The largest absolute Gasteiger partial charge is 0.352 e. The lowest BCUT2D eigenvalue weighted by Crippen LogP contribution is -2.54. The van der Waals surface area contributed by atoms with Gasteiger partial charge in [-0.1, -0.05) is 13.3 Å². The van der Waals surface area contributed by atoms with Crippen LogP contribution < -0.4 is 16.8 Å². The summed E-state index contributed by atoms with van der Waals surface area (Å²) in [5.74, 6) is -0.0187. The van der Waals surface area contributed by atoms with E-state index in [1.54, 1.807) is 6.92 Å². The van der Waals surface area contributed by atoms with Gasteiger partial charge in [-0.3, -0.25) is 4.79 Å². The molecule has 1 unspecified atom stereocenters. The third kappa shape index (κ3) is 3.76. The maximum Gasteiger partial charge on any atom is 0.240 e. The van der Waals surface area contributed by atoms with Crippen molar-refractivity contribution in [3.05, 3.63) is 0 Å². The van der Waals surface area contributed by atoms with Crippen LogP contribution in [0, 0.1) is 0 Å². The number of nitrogens with two attached hydrogens (primary N) is 2. The van der Waals surface area contributed by atoms with Crippen LogP contribution in [0.15, 0.2) is 0 Å². The van der Waals surface area contributed by atoms with Crippen molar-refractivity contribution in [1.82, 2.24) is 5.32 Å². The van der Waals surface area contributed by atoms with Gasteiger partial charge in [0.1, 0.15) is 0 Å². The van der Waals surface area contributed by atoms with Crippen LogP contribution in [0.4, 0.5) is 0 Å². The van der Waals surface area contributed by atoms with E-state index >= 15 is 0 Å². The topological polar surface area (TPSA) is 81.1 Å². The van der Waals surface area contributed by atoms with Crippen LogP contribution >= 0.6 is 0 Å². The van der Waals surface area contributed by atoms with Crippen molar-refractivity contribution in [1.29, 1.82) is 0 Å². The molecule has 0 aromatic rings. The molecule has 5 N–H and O–H groups in total. The van der Waals surface area contributed by atoms with Crippen LogP contribution in [0.5, 0.6) is 0 Å². The summed E-state index contributed by atoms with van der Waals surface area (Å²) in [7, 11) is 0. The lowest BCUT2D eigenvalue weighted by atomic mass is 9.90. The van der Waals surface area contributed by atoms with Crippen molar-refractivity contribution >= 4 is 5.91 Å². The molecule has 0 aromatic carbocycles. The van der Waals surface area contributed by atoms with Gasteiger partial charge < -0.3 is 16.8 Å². The molecule has 1 amide bonds. The molecule has 0 bridgehead atoms. The van der Waals surface area contributed by atoms with Gasteiger partial charge in [-0.05, 0) is 39.0 Å². The Balaban J connectivity index is 2.39. The van der Waals surface area contributed by atoms with Crippen LogP contribution in [-0.2, 0) is 4.79 Å². The minimum atomic E-state index is -0.728. The third-order valence-corrected chi connectivity index (χ3v) is 3.40. The molecule has 0 saturated heterocycles. The van der Waals surface area contributed by atoms with Gasteiger partial charge in [-0.25, -0.2) is 0 Å². The average Bonchev–Trinajstić information content (AvgIpc) is 2.21. The highest BCUT2D eigenvalue weighted by Crippen LogP contribution is 2.18. The molecular weight excluding hydrogens is 202 g/mol. The van der Waals surface area contributed by atoms with Crippen molar-refractivity contribution in [3.8, 4) is 0 Å². The van der Waals surface area contributed by atoms with Crippen molar-refractivity contribution < 1.29 is 4.79 Å². The van der Waals surface area contributed by atoms with E-state index in [-0.39, 0.29) is 11.9 Å². The summed E-state index contributed by atoms with van der Waals surface area (Å²) < 4.78 is 0. The number of nitrogens with one attached hydrogen (secondary N) is 1. The number of carbonyl (C=O) groups excluding carboxylic acids is 1. The van der Waals surface area contributed by atoms with Gasteiger partial charge in [-0.15, -0.1) is 0 Å². The van der Waals surface area contributed by atoms with Crippen molar-refractivity contribution in [2.24, 2.45) is 11.5 Å². The monoisotopic (exact) mass is 227 g/mol. The standard InChI is InChI=1S/C12H25N3O/c1-3-8-12(2,14)11(16)15-10-6-4-9(13)5-7-10/h9-10H,3-8,13-14H2,1-2H3,(H,15,16). The molecule has 1 aliphatic carbocycles. The second-order valence-corrected chi connectivity index (χ2v) is 5.25. The number of rotatable bonds is 4. The molecule has 1 atom stereocenters. The molecule has 0 spiro atoms. The Morgan fingerprint density at radius 2 is 1.94 bits per heavy atom. The minimum absolute atomic E-state index is 0.0187. The first kappa shape index (κ1) is 13.5. The normalized spacial score (nSPS) is 29.5. The maximum atomic E-state index is 11.9. The van der Waals surface area contributed by atoms with Crippen LogP contribution in [0.2, 0.25) is 0 Å². The van der Waals surface area contributed by atoms with E-state index in [9.17, 15) is 4.79 Å². The molecule has 94 valence electrons. The highest BCUT2D eigenvalue weighted by molar-refractivity contribution is 5.85. The summed E-state index contributed by atoms with van der Waals surface area (Å²) in [5.41, 5.74) is 11.1. The number of carbonyl (C=O) groups is 1. The van der Waals surface area contributed by atoms with Crippen LogP contribution in [-0.4, -0.2) is 23.5 Å². The van der Waals surface area contributed by atoms with Gasteiger partial charge in [0.2, 0.25) is 5.91 Å². The molecule has 0 radical (unpaired) electrons. The summed E-state index contributed by atoms with van der Waals surface area (Å²) in [6.07, 6.45) is 5.62. The van der Waals surface area contributed by atoms with E-state index in [1.165, 1.54) is 0 Å². The number of hydrogen-bond donors (Lipinski definition) is 3. The molecular formula is C12H25N3O. The Kier molecular flexibility index (Phi) is 4.74. The summed E-state index contributed by atoms with van der Waals surface area (Å²) in [5, 5.41) is 3.04. The molecule has 1 fully saturated rings. The van der Waals surface area contributed by atoms with Crippen molar-refractivity contribution in [2.75, 3.05) is 0 Å². The number of amides is 1. The molecule has 4 nitrogen and oxygen atoms in total. The Labute approximate surface area is 98.1 Å². The molecule has 0 aromatic heterocycles. The predicted octanol–water partition coefficient (Wildman–Crippen LogP) is 0.890. The van der Waals surface area contributed by atoms with Crippen molar-refractivity contribution in [2.45, 2.75) is 70.0 Å².